The topological polar surface area (TPSA) is 46.9 Å². The van der Waals surface area contributed by atoms with Gasteiger partial charge in [0.15, 0.2) is 0 Å². The average Bonchev–Trinajstić information content (AvgIpc) is 2.97. The number of nitrogens with one attached hydrogen (secondary N) is 1. The number of hydrogen-bond donors (Lipinski definition) is 1. The maximum atomic E-state index is 12.2. The van der Waals surface area contributed by atoms with Crippen molar-refractivity contribution < 1.29 is 0 Å². The third-order valence-corrected chi connectivity index (χ3v) is 4.59. The molecule has 6 heteroatoms. The van der Waals surface area contributed by atoms with Gasteiger partial charge in [-0.25, -0.2) is 4.68 Å². The van der Waals surface area contributed by atoms with Crippen LogP contribution in [0.4, 0.5) is 5.69 Å². The SMILES string of the molecule is CCCCn1ncc(NC(C)c2ccsc2)c(Br)c1=O. The summed E-state index contributed by atoms with van der Waals surface area (Å²) in [5, 5.41) is 11.7. The van der Waals surface area contributed by atoms with Gasteiger partial charge in [0.05, 0.1) is 11.9 Å². The number of rotatable bonds is 6. The van der Waals surface area contributed by atoms with Crippen LogP contribution < -0.4 is 10.9 Å². The molecule has 2 aromatic heterocycles. The molecule has 4 nitrogen and oxygen atoms in total. The summed E-state index contributed by atoms with van der Waals surface area (Å²) in [4.78, 5) is 12.2. The molecule has 0 aromatic carbocycles. The lowest BCUT2D eigenvalue weighted by Gasteiger charge is -2.15. The number of anilines is 1. The van der Waals surface area contributed by atoms with Crippen molar-refractivity contribution in [1.82, 2.24) is 9.78 Å². The summed E-state index contributed by atoms with van der Waals surface area (Å²) in [6.45, 7) is 4.82. The molecule has 0 aliphatic heterocycles. The van der Waals surface area contributed by atoms with E-state index in [1.165, 1.54) is 10.2 Å². The summed E-state index contributed by atoms with van der Waals surface area (Å²) in [6, 6.07) is 2.22. The Labute approximate surface area is 131 Å². The Morgan fingerprint density at radius 2 is 2.35 bits per heavy atom. The molecule has 0 fully saturated rings. The summed E-state index contributed by atoms with van der Waals surface area (Å²) in [5.74, 6) is 0. The van der Waals surface area contributed by atoms with Crippen molar-refractivity contribution in [2.24, 2.45) is 0 Å². The molecule has 1 atom stereocenters. The van der Waals surface area contributed by atoms with Crippen LogP contribution in [-0.2, 0) is 6.54 Å². The van der Waals surface area contributed by atoms with Crippen LogP contribution in [0.5, 0.6) is 0 Å². The monoisotopic (exact) mass is 355 g/mol. The lowest BCUT2D eigenvalue weighted by molar-refractivity contribution is 0.541. The number of unbranched alkanes of at least 4 members (excludes halogenated alkanes) is 1. The fraction of sp³-hybridized carbons (Fsp3) is 0.429. The highest BCUT2D eigenvalue weighted by Gasteiger charge is 2.12. The summed E-state index contributed by atoms with van der Waals surface area (Å²) in [6.07, 6.45) is 3.71. The Kier molecular flexibility index (Phi) is 5.37. The molecule has 0 radical (unpaired) electrons. The molecule has 0 saturated carbocycles. The molecule has 0 aliphatic carbocycles. The van der Waals surface area contributed by atoms with E-state index in [2.05, 4.69) is 51.6 Å². The zero-order valence-electron chi connectivity index (χ0n) is 11.6. The molecule has 0 amide bonds. The van der Waals surface area contributed by atoms with Gasteiger partial charge in [0, 0.05) is 12.6 Å². The van der Waals surface area contributed by atoms with Crippen molar-refractivity contribution in [2.75, 3.05) is 5.32 Å². The average molecular weight is 356 g/mol. The highest BCUT2D eigenvalue weighted by molar-refractivity contribution is 9.10. The van der Waals surface area contributed by atoms with Gasteiger partial charge in [-0.1, -0.05) is 13.3 Å². The normalized spacial score (nSPS) is 12.3. The number of nitrogens with zero attached hydrogens (tertiary/aromatic N) is 2. The highest BCUT2D eigenvalue weighted by Crippen LogP contribution is 2.24. The van der Waals surface area contributed by atoms with E-state index in [4.69, 9.17) is 0 Å². The molecule has 0 saturated heterocycles. The van der Waals surface area contributed by atoms with E-state index in [1.807, 2.05) is 5.38 Å². The van der Waals surface area contributed by atoms with E-state index < -0.39 is 0 Å². The fourth-order valence-electron chi connectivity index (χ4n) is 1.87. The Morgan fingerprint density at radius 1 is 1.55 bits per heavy atom. The van der Waals surface area contributed by atoms with Gasteiger partial charge in [-0.05, 0) is 51.7 Å². The van der Waals surface area contributed by atoms with Crippen molar-refractivity contribution in [3.05, 3.63) is 43.4 Å². The Morgan fingerprint density at radius 3 is 3.00 bits per heavy atom. The molecule has 2 rings (SSSR count). The minimum absolute atomic E-state index is 0.0824. The maximum absolute atomic E-state index is 12.2. The first-order valence-corrected chi connectivity index (χ1v) is 8.41. The summed E-state index contributed by atoms with van der Waals surface area (Å²) < 4.78 is 2.05. The summed E-state index contributed by atoms with van der Waals surface area (Å²) in [5.41, 5.74) is 1.86. The number of aromatic nitrogens is 2. The van der Waals surface area contributed by atoms with E-state index in [9.17, 15) is 4.79 Å². The van der Waals surface area contributed by atoms with Crippen LogP contribution in [0.2, 0.25) is 0 Å². The lowest BCUT2D eigenvalue weighted by Crippen LogP contribution is -2.25. The van der Waals surface area contributed by atoms with Crippen LogP contribution >= 0.6 is 27.3 Å². The zero-order valence-corrected chi connectivity index (χ0v) is 14.0. The second kappa shape index (κ2) is 7.04. The van der Waals surface area contributed by atoms with Gasteiger partial charge in [-0.15, -0.1) is 0 Å². The van der Waals surface area contributed by atoms with E-state index in [-0.39, 0.29) is 11.6 Å². The van der Waals surface area contributed by atoms with Crippen molar-refractivity contribution in [1.29, 1.82) is 0 Å². The van der Waals surface area contributed by atoms with Crippen molar-refractivity contribution >= 4 is 33.0 Å². The van der Waals surface area contributed by atoms with Gasteiger partial charge < -0.3 is 5.32 Å². The Balaban J connectivity index is 2.17. The Bertz CT molecular complexity index is 609. The number of aryl methyl sites for hydroxylation is 1. The summed E-state index contributed by atoms with van der Waals surface area (Å²) >= 11 is 5.05. The lowest BCUT2D eigenvalue weighted by atomic mass is 10.2. The van der Waals surface area contributed by atoms with Crippen molar-refractivity contribution in [2.45, 2.75) is 39.3 Å². The molecular formula is C14H18BrN3OS. The predicted octanol–water partition coefficient (Wildman–Crippen LogP) is 4.04. The molecular weight excluding hydrogens is 338 g/mol. The second-order valence-electron chi connectivity index (χ2n) is 4.68. The third kappa shape index (κ3) is 3.49. The van der Waals surface area contributed by atoms with Crippen LogP contribution in [0.1, 0.15) is 38.3 Å². The van der Waals surface area contributed by atoms with Crippen LogP contribution in [0.15, 0.2) is 32.3 Å². The van der Waals surface area contributed by atoms with Crippen molar-refractivity contribution in [3.8, 4) is 0 Å². The first-order valence-electron chi connectivity index (χ1n) is 6.67. The van der Waals surface area contributed by atoms with Gasteiger partial charge in [0.2, 0.25) is 0 Å². The number of thiophene rings is 1. The first-order chi connectivity index (χ1) is 9.63. The largest absolute Gasteiger partial charge is 0.376 e. The molecule has 2 heterocycles. The zero-order chi connectivity index (χ0) is 14.5. The highest BCUT2D eigenvalue weighted by atomic mass is 79.9. The molecule has 2 aromatic rings. The molecule has 0 bridgehead atoms. The quantitative estimate of drug-likeness (QED) is 0.850. The van der Waals surface area contributed by atoms with E-state index in [1.54, 1.807) is 17.5 Å². The smallest absolute Gasteiger partial charge is 0.283 e. The summed E-state index contributed by atoms with van der Waals surface area (Å²) in [7, 11) is 0. The van der Waals surface area contributed by atoms with E-state index in [0.717, 1.165) is 18.5 Å². The maximum Gasteiger partial charge on any atom is 0.283 e. The number of halogens is 1. The van der Waals surface area contributed by atoms with Crippen molar-refractivity contribution in [3.63, 3.8) is 0 Å². The third-order valence-electron chi connectivity index (χ3n) is 3.12. The van der Waals surface area contributed by atoms with E-state index >= 15 is 0 Å². The van der Waals surface area contributed by atoms with Gasteiger partial charge in [0.25, 0.3) is 5.56 Å². The predicted molar refractivity (Wildman–Crippen MR) is 87.5 cm³/mol. The molecule has 20 heavy (non-hydrogen) atoms. The minimum atomic E-state index is -0.0824. The van der Waals surface area contributed by atoms with Gasteiger partial charge in [-0.2, -0.15) is 16.4 Å². The van der Waals surface area contributed by atoms with Gasteiger partial charge >= 0.3 is 0 Å². The first kappa shape index (κ1) is 15.3. The van der Waals surface area contributed by atoms with Crippen LogP contribution in [0.3, 0.4) is 0 Å². The van der Waals surface area contributed by atoms with E-state index in [0.29, 0.717) is 11.0 Å². The number of hydrogen-bond acceptors (Lipinski definition) is 4. The minimum Gasteiger partial charge on any atom is -0.376 e. The van der Waals surface area contributed by atoms with Crippen LogP contribution in [-0.4, -0.2) is 9.78 Å². The van der Waals surface area contributed by atoms with Gasteiger partial charge in [0.1, 0.15) is 4.47 Å². The molecule has 1 N–H and O–H groups in total. The van der Waals surface area contributed by atoms with Gasteiger partial charge in [-0.3, -0.25) is 4.79 Å². The van der Waals surface area contributed by atoms with Crippen LogP contribution in [0, 0.1) is 0 Å². The molecule has 108 valence electrons. The Hall–Kier alpha value is -1.14. The fourth-order valence-corrected chi connectivity index (χ4v) is 3.05. The van der Waals surface area contributed by atoms with Crippen LogP contribution in [0.25, 0.3) is 0 Å². The second-order valence-corrected chi connectivity index (χ2v) is 6.25. The molecule has 0 spiro atoms. The molecule has 1 unspecified atom stereocenters. The molecule has 0 aliphatic rings. The standard InChI is InChI=1S/C14H18BrN3OS/c1-3-4-6-18-14(19)13(15)12(8-16-18)17-10(2)11-5-7-20-9-11/h5,7-10,17H,3-4,6H2,1-2H3.